The van der Waals surface area contributed by atoms with Crippen molar-refractivity contribution < 1.29 is 14.6 Å². The molecule has 2 N–H and O–H groups in total. The lowest BCUT2D eigenvalue weighted by Gasteiger charge is -2.13. The van der Waals surface area contributed by atoms with Gasteiger partial charge in [0.2, 0.25) is 0 Å². The number of carbonyl (C=O) groups is 1. The number of aromatic nitrogens is 1. The van der Waals surface area contributed by atoms with Gasteiger partial charge < -0.3 is 19.7 Å². The van der Waals surface area contributed by atoms with Gasteiger partial charge in [-0.1, -0.05) is 36.4 Å². The average molecular weight is 392 g/mol. The van der Waals surface area contributed by atoms with Gasteiger partial charge in [0, 0.05) is 42.7 Å². The summed E-state index contributed by atoms with van der Waals surface area (Å²) in [4.78, 5) is 12.3. The minimum absolute atomic E-state index is 0.228. The Bertz CT molecular complexity index is 1030. The summed E-state index contributed by atoms with van der Waals surface area (Å²) in [5, 5.41) is 14.5. The van der Waals surface area contributed by atoms with Crippen molar-refractivity contribution in [1.29, 1.82) is 0 Å². The van der Waals surface area contributed by atoms with E-state index in [9.17, 15) is 9.90 Å². The molecule has 1 aromatic heterocycles. The molecule has 29 heavy (non-hydrogen) atoms. The summed E-state index contributed by atoms with van der Waals surface area (Å²) >= 11 is 0. The molecule has 0 bridgehead atoms. The lowest BCUT2D eigenvalue weighted by atomic mass is 10.1. The van der Waals surface area contributed by atoms with E-state index in [1.54, 1.807) is 0 Å². The molecule has 3 aromatic rings. The smallest absolute Gasteiger partial charge is 0.352 e. The molecule has 0 aliphatic carbocycles. The first-order chi connectivity index (χ1) is 14.0. The number of aryl methyl sites for hydroxylation is 2. The summed E-state index contributed by atoms with van der Waals surface area (Å²) in [6.07, 6.45) is 2.39. The van der Waals surface area contributed by atoms with Crippen LogP contribution < -0.4 is 5.32 Å². The molecule has 4 rings (SSSR count). The van der Waals surface area contributed by atoms with Gasteiger partial charge in [0.05, 0.1) is 6.10 Å². The fourth-order valence-electron chi connectivity index (χ4n) is 4.24. The number of carboxylic acid groups (broad SMARTS) is 1. The predicted molar refractivity (Wildman–Crippen MR) is 115 cm³/mol. The molecule has 1 atom stereocenters. The Balaban J connectivity index is 1.74. The Morgan fingerprint density at radius 2 is 2.07 bits per heavy atom. The molecule has 0 saturated carbocycles. The van der Waals surface area contributed by atoms with Crippen molar-refractivity contribution in [2.75, 3.05) is 13.2 Å². The van der Waals surface area contributed by atoms with E-state index in [0.717, 1.165) is 59.2 Å². The predicted octanol–water partition coefficient (Wildman–Crippen LogP) is 4.27. The molecule has 0 amide bonds. The molecule has 2 aromatic carbocycles. The van der Waals surface area contributed by atoms with E-state index in [1.807, 2.05) is 23.6 Å². The Morgan fingerprint density at radius 3 is 2.79 bits per heavy atom. The number of hydrogen-bond donors (Lipinski definition) is 2. The summed E-state index contributed by atoms with van der Waals surface area (Å²) < 4.78 is 7.64. The van der Waals surface area contributed by atoms with Crippen LogP contribution in [0.4, 0.5) is 0 Å². The molecule has 1 aliphatic heterocycles. The van der Waals surface area contributed by atoms with Gasteiger partial charge in [0.25, 0.3) is 0 Å². The van der Waals surface area contributed by atoms with Gasteiger partial charge in [0.1, 0.15) is 5.69 Å². The van der Waals surface area contributed by atoms with Crippen LogP contribution in [-0.4, -0.2) is 34.9 Å². The van der Waals surface area contributed by atoms with Gasteiger partial charge in [-0.2, -0.15) is 0 Å². The van der Waals surface area contributed by atoms with Crippen molar-refractivity contribution >= 4 is 16.9 Å². The normalized spacial score (nSPS) is 16.6. The first-order valence-electron chi connectivity index (χ1n) is 10.3. The monoisotopic (exact) mass is 392 g/mol. The number of ether oxygens (including phenoxy) is 1. The van der Waals surface area contributed by atoms with Crippen molar-refractivity contribution in [3.05, 3.63) is 70.4 Å². The lowest BCUT2D eigenvalue weighted by molar-refractivity contribution is 0.0684. The first kappa shape index (κ1) is 19.7. The van der Waals surface area contributed by atoms with Crippen LogP contribution in [0.15, 0.2) is 42.5 Å². The summed E-state index contributed by atoms with van der Waals surface area (Å²) in [5.74, 6) is -0.888. The SMILES string of the molecule is Cc1ccc2c(CNC[C@H]3CCCO3)c(C(=O)O)n(Cc3ccccc3C)c2c1. The molecule has 5 nitrogen and oxygen atoms in total. The van der Waals surface area contributed by atoms with Crippen LogP contribution in [0.1, 0.15) is 45.6 Å². The molecule has 1 saturated heterocycles. The number of benzene rings is 2. The molecule has 0 spiro atoms. The van der Waals surface area contributed by atoms with Crippen LogP contribution in [0.25, 0.3) is 10.9 Å². The number of carboxylic acids is 1. The Labute approximate surface area is 171 Å². The number of nitrogens with one attached hydrogen (secondary N) is 1. The van der Waals surface area contributed by atoms with Crippen molar-refractivity contribution in [2.45, 2.75) is 45.9 Å². The largest absolute Gasteiger partial charge is 0.477 e. The fourth-order valence-corrected chi connectivity index (χ4v) is 4.24. The van der Waals surface area contributed by atoms with Gasteiger partial charge in [-0.05, 0) is 49.4 Å². The van der Waals surface area contributed by atoms with Crippen LogP contribution in [0, 0.1) is 13.8 Å². The third-order valence-electron chi connectivity index (χ3n) is 5.81. The third-order valence-corrected chi connectivity index (χ3v) is 5.81. The molecular formula is C24H28N2O3. The second-order valence-corrected chi connectivity index (χ2v) is 7.93. The highest BCUT2D eigenvalue weighted by atomic mass is 16.5. The second-order valence-electron chi connectivity index (χ2n) is 7.93. The van der Waals surface area contributed by atoms with E-state index in [2.05, 4.69) is 42.6 Å². The average Bonchev–Trinajstić information content (AvgIpc) is 3.30. The van der Waals surface area contributed by atoms with Crippen molar-refractivity contribution in [3.8, 4) is 0 Å². The number of fused-ring (bicyclic) bond motifs is 1. The summed E-state index contributed by atoms with van der Waals surface area (Å²) in [7, 11) is 0. The standard InChI is InChI=1S/C24H28N2O3/c1-16-9-10-20-21(14-25-13-19-8-5-11-29-19)23(24(27)28)26(22(20)12-16)15-18-7-4-3-6-17(18)2/h3-4,6-7,9-10,12,19,25H,5,8,11,13-15H2,1-2H3,(H,27,28)/t19-/m1/s1. The summed E-state index contributed by atoms with van der Waals surface area (Å²) in [6, 6.07) is 14.3. The van der Waals surface area contributed by atoms with E-state index >= 15 is 0 Å². The number of aromatic carboxylic acids is 1. The second kappa shape index (κ2) is 8.39. The van der Waals surface area contributed by atoms with Crippen molar-refractivity contribution in [3.63, 3.8) is 0 Å². The molecule has 0 radical (unpaired) electrons. The molecular weight excluding hydrogens is 364 g/mol. The van der Waals surface area contributed by atoms with Crippen LogP contribution in [0.5, 0.6) is 0 Å². The van der Waals surface area contributed by atoms with Crippen LogP contribution in [0.3, 0.4) is 0 Å². The van der Waals surface area contributed by atoms with E-state index in [4.69, 9.17) is 4.74 Å². The minimum atomic E-state index is -0.888. The van der Waals surface area contributed by atoms with Crippen LogP contribution >= 0.6 is 0 Å². The van der Waals surface area contributed by atoms with E-state index in [1.165, 1.54) is 0 Å². The molecule has 1 aliphatic rings. The molecule has 5 heteroatoms. The number of rotatable bonds is 7. The van der Waals surface area contributed by atoms with Crippen molar-refractivity contribution in [1.82, 2.24) is 9.88 Å². The highest BCUT2D eigenvalue weighted by Crippen LogP contribution is 2.29. The van der Waals surface area contributed by atoms with Gasteiger partial charge >= 0.3 is 5.97 Å². The maximum atomic E-state index is 12.3. The zero-order valence-corrected chi connectivity index (χ0v) is 17.1. The minimum Gasteiger partial charge on any atom is -0.477 e. The maximum Gasteiger partial charge on any atom is 0.352 e. The third kappa shape index (κ3) is 4.07. The maximum absolute atomic E-state index is 12.3. The van der Waals surface area contributed by atoms with Gasteiger partial charge in [0.15, 0.2) is 0 Å². The molecule has 0 unspecified atom stereocenters. The zero-order valence-electron chi connectivity index (χ0n) is 17.1. The molecule has 1 fully saturated rings. The first-order valence-corrected chi connectivity index (χ1v) is 10.3. The van der Waals surface area contributed by atoms with Crippen molar-refractivity contribution in [2.24, 2.45) is 0 Å². The van der Waals surface area contributed by atoms with E-state index in [0.29, 0.717) is 18.8 Å². The molecule has 2 heterocycles. The van der Waals surface area contributed by atoms with Gasteiger partial charge in [-0.25, -0.2) is 4.79 Å². The number of hydrogen-bond acceptors (Lipinski definition) is 3. The number of nitrogens with zero attached hydrogens (tertiary/aromatic N) is 1. The fraction of sp³-hybridized carbons (Fsp3) is 0.375. The van der Waals surface area contributed by atoms with E-state index < -0.39 is 5.97 Å². The zero-order chi connectivity index (χ0) is 20.4. The Morgan fingerprint density at radius 1 is 1.24 bits per heavy atom. The highest BCUT2D eigenvalue weighted by Gasteiger charge is 2.23. The topological polar surface area (TPSA) is 63.5 Å². The Hall–Kier alpha value is -2.63. The van der Waals surface area contributed by atoms with Crippen LogP contribution in [0.2, 0.25) is 0 Å². The highest BCUT2D eigenvalue weighted by molar-refractivity contribution is 5.98. The Kier molecular flexibility index (Phi) is 5.69. The summed E-state index contributed by atoms with van der Waals surface area (Å²) in [6.45, 7) is 6.73. The molecule has 152 valence electrons. The summed E-state index contributed by atoms with van der Waals surface area (Å²) in [5.41, 5.74) is 5.60. The van der Waals surface area contributed by atoms with E-state index in [-0.39, 0.29) is 6.10 Å². The van der Waals surface area contributed by atoms with Crippen LogP contribution in [-0.2, 0) is 17.8 Å². The lowest BCUT2D eigenvalue weighted by Crippen LogP contribution is -2.26. The quantitative estimate of drug-likeness (QED) is 0.630. The van der Waals surface area contributed by atoms with Gasteiger partial charge in [-0.15, -0.1) is 0 Å². The van der Waals surface area contributed by atoms with Gasteiger partial charge in [-0.3, -0.25) is 0 Å².